The molecule has 156 valence electrons. The first kappa shape index (κ1) is 20.4. The Hall–Kier alpha value is -1.85. The quantitative estimate of drug-likeness (QED) is 0.505. The van der Waals surface area contributed by atoms with Gasteiger partial charge in [-0.3, -0.25) is 9.79 Å². The summed E-state index contributed by atoms with van der Waals surface area (Å²) in [5.74, 6) is 0.646. The first-order valence-electron chi connectivity index (χ1n) is 10.9. The van der Waals surface area contributed by atoms with Gasteiger partial charge in [0, 0.05) is 23.3 Å². The number of carbonyl (C=O) groups is 1. The maximum Gasteiger partial charge on any atom is 0.290 e. The molecule has 1 fully saturated rings. The van der Waals surface area contributed by atoms with Crippen molar-refractivity contribution in [3.05, 3.63) is 35.4 Å². The Morgan fingerprint density at radius 3 is 2.66 bits per heavy atom. The Morgan fingerprint density at radius 1 is 1.21 bits per heavy atom. The summed E-state index contributed by atoms with van der Waals surface area (Å²) in [5, 5.41) is 9.63. The smallest absolute Gasteiger partial charge is 0.290 e. The molecule has 1 amide bonds. The van der Waals surface area contributed by atoms with E-state index in [-0.39, 0.29) is 11.4 Å². The fourth-order valence-corrected chi connectivity index (χ4v) is 5.02. The first-order chi connectivity index (χ1) is 14.0. The summed E-state index contributed by atoms with van der Waals surface area (Å²) in [7, 11) is 0. The van der Waals surface area contributed by atoms with Gasteiger partial charge >= 0.3 is 0 Å². The Balaban J connectivity index is 1.62. The maximum atomic E-state index is 12.7. The van der Waals surface area contributed by atoms with Crippen LogP contribution in [0.5, 0.6) is 0 Å². The molecule has 0 spiro atoms. The van der Waals surface area contributed by atoms with Crippen LogP contribution in [0.15, 0.2) is 29.3 Å². The van der Waals surface area contributed by atoms with Crippen LogP contribution in [0.1, 0.15) is 69.4 Å². The number of amidine groups is 1. The third-order valence-corrected chi connectivity index (χ3v) is 6.41. The molecule has 6 heteroatoms. The van der Waals surface area contributed by atoms with Crippen LogP contribution in [0.3, 0.4) is 0 Å². The topological polar surface area (TPSA) is 65.5 Å². The van der Waals surface area contributed by atoms with E-state index in [4.69, 9.17) is 11.6 Å². The Bertz CT molecular complexity index is 824. The number of hydrogen-bond donors (Lipinski definition) is 3. The lowest BCUT2D eigenvalue weighted by atomic mass is 9.82. The van der Waals surface area contributed by atoms with Gasteiger partial charge in [0.25, 0.3) is 5.91 Å². The Morgan fingerprint density at radius 2 is 2.00 bits per heavy atom. The lowest BCUT2D eigenvalue weighted by Gasteiger charge is -2.33. The summed E-state index contributed by atoms with van der Waals surface area (Å²) >= 11 is 6.02. The number of nitrogens with one attached hydrogen (secondary N) is 3. The van der Waals surface area contributed by atoms with Gasteiger partial charge in [0.2, 0.25) is 0 Å². The van der Waals surface area contributed by atoms with Gasteiger partial charge in [0.1, 0.15) is 5.50 Å². The van der Waals surface area contributed by atoms with E-state index in [1.807, 2.05) is 0 Å². The third kappa shape index (κ3) is 4.84. The first-order valence-corrected chi connectivity index (χ1v) is 11.3. The van der Waals surface area contributed by atoms with Gasteiger partial charge in [-0.25, -0.2) is 0 Å². The molecule has 1 aromatic carbocycles. The van der Waals surface area contributed by atoms with Gasteiger partial charge in [0.05, 0.1) is 6.54 Å². The molecular formula is C23H31ClN4O. The van der Waals surface area contributed by atoms with Crippen molar-refractivity contribution >= 4 is 34.6 Å². The Kier molecular flexibility index (Phi) is 6.26. The van der Waals surface area contributed by atoms with Crippen LogP contribution in [0.2, 0.25) is 0 Å². The summed E-state index contributed by atoms with van der Waals surface area (Å²) in [5.41, 5.74) is 4.45. The second-order valence-corrected chi connectivity index (χ2v) is 9.20. The molecule has 0 radical (unpaired) electrons. The molecule has 4 rings (SSSR count). The number of carbonyl (C=O) groups excluding carboxylic acids is 1. The third-order valence-electron chi connectivity index (χ3n) is 6.16. The molecule has 0 bridgehead atoms. The summed E-state index contributed by atoms with van der Waals surface area (Å²) in [4.78, 5) is 16.9. The zero-order valence-corrected chi connectivity index (χ0v) is 18.1. The fraction of sp³-hybridized carbons (Fsp3) is 0.565. The number of piperidine rings is 1. The predicted molar refractivity (Wildman–Crippen MR) is 121 cm³/mol. The van der Waals surface area contributed by atoms with Crippen LogP contribution in [0.4, 0.5) is 5.69 Å². The van der Waals surface area contributed by atoms with Gasteiger partial charge < -0.3 is 16.0 Å². The van der Waals surface area contributed by atoms with Crippen molar-refractivity contribution in [1.82, 2.24) is 10.6 Å². The van der Waals surface area contributed by atoms with Crippen molar-refractivity contribution in [1.29, 1.82) is 0 Å². The summed E-state index contributed by atoms with van der Waals surface area (Å²) in [6.07, 6.45) is 9.24. The van der Waals surface area contributed by atoms with Crippen molar-refractivity contribution in [2.75, 3.05) is 11.9 Å². The van der Waals surface area contributed by atoms with Crippen LogP contribution in [-0.4, -0.2) is 35.9 Å². The molecule has 4 atom stereocenters. The number of nitrogens with zero attached hydrogens (tertiary/aromatic N) is 1. The maximum absolute atomic E-state index is 12.7. The monoisotopic (exact) mass is 414 g/mol. The highest BCUT2D eigenvalue weighted by Crippen LogP contribution is 2.37. The average molecular weight is 415 g/mol. The zero-order valence-electron chi connectivity index (χ0n) is 17.3. The van der Waals surface area contributed by atoms with Crippen LogP contribution < -0.4 is 16.0 Å². The second kappa shape index (κ2) is 8.88. The van der Waals surface area contributed by atoms with E-state index in [2.05, 4.69) is 59.1 Å². The molecule has 0 aromatic heterocycles. The SMILES string of the molecule is C[C@@H]1CC(c2ccc(NC(=O)C3=NCC(Cl)N3)c(C3=CCCCC3)c2)C[C@H](C)N1. The molecule has 2 unspecified atom stereocenters. The van der Waals surface area contributed by atoms with E-state index in [9.17, 15) is 4.79 Å². The van der Waals surface area contributed by atoms with Gasteiger partial charge in [-0.2, -0.15) is 0 Å². The van der Waals surface area contributed by atoms with Crippen LogP contribution in [-0.2, 0) is 4.79 Å². The van der Waals surface area contributed by atoms with E-state index >= 15 is 0 Å². The minimum absolute atomic E-state index is 0.220. The number of amides is 1. The number of aliphatic imine (C=N–C) groups is 1. The lowest BCUT2D eigenvalue weighted by molar-refractivity contribution is -0.110. The minimum Gasteiger partial charge on any atom is -0.348 e. The number of rotatable bonds is 4. The molecule has 3 N–H and O–H groups in total. The van der Waals surface area contributed by atoms with E-state index in [1.165, 1.54) is 24.0 Å². The molecule has 3 aliphatic rings. The number of allylic oxidation sites excluding steroid dienone is 2. The molecule has 2 aliphatic heterocycles. The molecule has 1 aliphatic carbocycles. The molecule has 1 aromatic rings. The molecular weight excluding hydrogens is 384 g/mol. The fourth-order valence-electron chi connectivity index (χ4n) is 4.85. The van der Waals surface area contributed by atoms with Crippen molar-refractivity contribution in [2.24, 2.45) is 4.99 Å². The van der Waals surface area contributed by atoms with E-state index < -0.39 is 0 Å². The summed E-state index contributed by atoms with van der Waals surface area (Å²) in [6, 6.07) is 7.62. The highest BCUT2D eigenvalue weighted by Gasteiger charge is 2.26. The summed E-state index contributed by atoms with van der Waals surface area (Å²) in [6.45, 7) is 4.95. The van der Waals surface area contributed by atoms with Crippen molar-refractivity contribution in [3.63, 3.8) is 0 Å². The van der Waals surface area contributed by atoms with Gasteiger partial charge in [0.15, 0.2) is 5.84 Å². The van der Waals surface area contributed by atoms with Crippen molar-refractivity contribution < 1.29 is 4.79 Å². The minimum atomic E-state index is -0.303. The number of alkyl halides is 1. The lowest BCUT2D eigenvalue weighted by Crippen LogP contribution is -2.41. The molecule has 29 heavy (non-hydrogen) atoms. The molecule has 0 saturated carbocycles. The number of halogens is 1. The van der Waals surface area contributed by atoms with Gasteiger partial charge in [-0.15, -0.1) is 0 Å². The number of benzene rings is 1. The highest BCUT2D eigenvalue weighted by atomic mass is 35.5. The van der Waals surface area contributed by atoms with Gasteiger partial charge in [-0.1, -0.05) is 23.7 Å². The van der Waals surface area contributed by atoms with Crippen LogP contribution in [0.25, 0.3) is 5.57 Å². The normalized spacial score (nSPS) is 29.6. The number of anilines is 1. The van der Waals surface area contributed by atoms with E-state index in [0.29, 0.717) is 30.4 Å². The largest absolute Gasteiger partial charge is 0.348 e. The van der Waals surface area contributed by atoms with Crippen molar-refractivity contribution in [2.45, 2.75) is 75.9 Å². The van der Waals surface area contributed by atoms with E-state index in [0.717, 1.165) is 36.9 Å². The van der Waals surface area contributed by atoms with Crippen LogP contribution >= 0.6 is 11.6 Å². The van der Waals surface area contributed by atoms with Gasteiger partial charge in [-0.05, 0) is 81.6 Å². The molecule has 1 saturated heterocycles. The number of hydrogen-bond acceptors (Lipinski definition) is 4. The molecule has 2 heterocycles. The summed E-state index contributed by atoms with van der Waals surface area (Å²) < 4.78 is 0. The average Bonchev–Trinajstić information content (AvgIpc) is 3.15. The predicted octanol–water partition coefficient (Wildman–Crippen LogP) is 4.39. The standard InChI is InChI=1S/C23H31ClN4O/c1-14-10-18(11-15(2)26-14)17-8-9-20(19(12-17)16-6-4-3-5-7-16)27-23(29)22-25-13-21(24)28-22/h6,8-9,12,14-15,18,21,26H,3-5,7,10-11,13H2,1-2H3,(H,25,28)(H,27,29)/t14-,15+,18?,21?. The zero-order chi connectivity index (χ0) is 20.4. The van der Waals surface area contributed by atoms with Crippen molar-refractivity contribution in [3.8, 4) is 0 Å². The Labute approximate surface area is 178 Å². The second-order valence-electron chi connectivity index (χ2n) is 8.67. The van der Waals surface area contributed by atoms with E-state index in [1.54, 1.807) is 0 Å². The van der Waals surface area contributed by atoms with Crippen LogP contribution in [0, 0.1) is 0 Å². The molecule has 5 nitrogen and oxygen atoms in total. The highest BCUT2D eigenvalue weighted by molar-refractivity contribution is 6.44.